The molecular formula is C22H27N5O3. The van der Waals surface area contributed by atoms with E-state index in [-0.39, 0.29) is 5.91 Å². The number of aryl methyl sites for hydroxylation is 1. The van der Waals surface area contributed by atoms with E-state index in [0.717, 1.165) is 11.3 Å². The third kappa shape index (κ3) is 4.22. The van der Waals surface area contributed by atoms with Gasteiger partial charge < -0.3 is 19.9 Å². The molecule has 1 aromatic carbocycles. The molecule has 0 spiro atoms. The van der Waals surface area contributed by atoms with Crippen molar-refractivity contribution in [1.29, 1.82) is 0 Å². The summed E-state index contributed by atoms with van der Waals surface area (Å²) in [7, 11) is 5.32. The molecule has 0 aliphatic rings. The minimum Gasteiger partial charge on any atom is -0.465 e. The normalized spacial score (nSPS) is 10.7. The predicted molar refractivity (Wildman–Crippen MR) is 116 cm³/mol. The van der Waals surface area contributed by atoms with Crippen LogP contribution in [0.4, 0.5) is 11.5 Å². The zero-order valence-electron chi connectivity index (χ0n) is 17.9. The number of hydrogen-bond donors (Lipinski definition) is 2. The first-order chi connectivity index (χ1) is 14.3. The van der Waals surface area contributed by atoms with Gasteiger partial charge >= 0.3 is 5.97 Å². The number of anilines is 2. The highest BCUT2D eigenvalue weighted by molar-refractivity contribution is 6.06. The van der Waals surface area contributed by atoms with E-state index in [1.807, 2.05) is 50.2 Å². The molecule has 8 nitrogen and oxygen atoms in total. The van der Waals surface area contributed by atoms with Crippen molar-refractivity contribution in [1.82, 2.24) is 14.8 Å². The van der Waals surface area contributed by atoms with Gasteiger partial charge in [-0.1, -0.05) is 19.1 Å². The van der Waals surface area contributed by atoms with Crippen LogP contribution >= 0.6 is 0 Å². The monoisotopic (exact) mass is 409 g/mol. The predicted octanol–water partition coefficient (Wildman–Crippen LogP) is 3.24. The molecule has 0 radical (unpaired) electrons. The lowest BCUT2D eigenvalue weighted by molar-refractivity contribution is 0.0599. The number of nitrogens with zero attached hydrogens (tertiary/aromatic N) is 3. The fraction of sp³-hybridized carbons (Fsp3) is 0.318. The van der Waals surface area contributed by atoms with E-state index in [1.165, 1.54) is 7.11 Å². The van der Waals surface area contributed by atoms with Gasteiger partial charge in [0, 0.05) is 31.5 Å². The number of esters is 1. The van der Waals surface area contributed by atoms with Crippen molar-refractivity contribution in [3.8, 4) is 0 Å². The molecule has 0 aliphatic heterocycles. The van der Waals surface area contributed by atoms with Crippen molar-refractivity contribution in [2.24, 2.45) is 0 Å². The molecule has 8 heteroatoms. The highest BCUT2D eigenvalue weighted by Crippen LogP contribution is 2.22. The molecule has 2 heterocycles. The molecule has 2 N–H and O–H groups in total. The number of aromatic nitrogens is 3. The fourth-order valence-electron chi connectivity index (χ4n) is 3.35. The molecule has 0 fully saturated rings. The number of hydrogen-bond acceptors (Lipinski definition) is 5. The molecule has 3 aromatic rings. The minimum atomic E-state index is -0.453. The Balaban J connectivity index is 1.80. The summed E-state index contributed by atoms with van der Waals surface area (Å²) in [5.41, 5.74) is 4.19. The standard InChI is InChI=1S/C22H27N5O3/c1-6-17-19(22(29)30-5)14(2)20(24-17)21(28)25-18-11-12-23-27(18)13-15-7-9-16(10-8-15)26(3)4/h7-12,24H,6,13H2,1-5H3,(H,25,28). The van der Waals surface area contributed by atoms with Crippen molar-refractivity contribution in [3.05, 3.63) is 64.6 Å². The van der Waals surface area contributed by atoms with Crippen LogP contribution in [0.2, 0.25) is 0 Å². The summed E-state index contributed by atoms with van der Waals surface area (Å²) < 4.78 is 6.58. The van der Waals surface area contributed by atoms with E-state index in [9.17, 15) is 9.59 Å². The number of carbonyl (C=O) groups is 2. The summed E-state index contributed by atoms with van der Waals surface area (Å²) in [5.74, 6) is -0.212. The highest BCUT2D eigenvalue weighted by Gasteiger charge is 2.24. The third-order valence-corrected chi connectivity index (χ3v) is 5.04. The van der Waals surface area contributed by atoms with Gasteiger partial charge in [0.2, 0.25) is 0 Å². The van der Waals surface area contributed by atoms with Crippen molar-refractivity contribution in [3.63, 3.8) is 0 Å². The van der Waals surface area contributed by atoms with Crippen LogP contribution < -0.4 is 10.2 Å². The van der Waals surface area contributed by atoms with Crippen LogP contribution in [0.3, 0.4) is 0 Å². The molecule has 158 valence electrons. The van der Waals surface area contributed by atoms with Crippen LogP contribution in [0.15, 0.2) is 36.5 Å². The second-order valence-electron chi connectivity index (χ2n) is 7.21. The Hall–Kier alpha value is -3.55. The maximum atomic E-state index is 12.9. The molecule has 0 atom stereocenters. The summed E-state index contributed by atoms with van der Waals surface area (Å²) in [4.78, 5) is 30.1. The Kier molecular flexibility index (Phi) is 6.25. The van der Waals surface area contributed by atoms with E-state index < -0.39 is 5.97 Å². The second kappa shape index (κ2) is 8.86. The Bertz CT molecular complexity index is 1050. The number of benzene rings is 1. The Morgan fingerprint density at radius 2 is 1.90 bits per heavy atom. The average Bonchev–Trinajstić information content (AvgIpc) is 3.31. The summed E-state index contributed by atoms with van der Waals surface area (Å²) in [6, 6.07) is 9.90. The average molecular weight is 409 g/mol. The molecule has 0 unspecified atom stereocenters. The van der Waals surface area contributed by atoms with E-state index in [2.05, 4.69) is 15.4 Å². The molecule has 1 amide bonds. The van der Waals surface area contributed by atoms with Gasteiger partial charge in [0.05, 0.1) is 25.4 Å². The van der Waals surface area contributed by atoms with E-state index >= 15 is 0 Å². The topological polar surface area (TPSA) is 92.3 Å². The van der Waals surface area contributed by atoms with Gasteiger partial charge in [0.15, 0.2) is 0 Å². The van der Waals surface area contributed by atoms with Gasteiger partial charge in [-0.05, 0) is 36.6 Å². The number of ether oxygens (including phenoxy) is 1. The van der Waals surface area contributed by atoms with Crippen LogP contribution in [0.25, 0.3) is 0 Å². The van der Waals surface area contributed by atoms with Gasteiger partial charge in [-0.15, -0.1) is 0 Å². The van der Waals surface area contributed by atoms with Crippen LogP contribution in [0.1, 0.15) is 44.6 Å². The zero-order chi connectivity index (χ0) is 21.8. The maximum Gasteiger partial charge on any atom is 0.339 e. The number of carbonyl (C=O) groups excluding carboxylic acids is 2. The molecular weight excluding hydrogens is 382 g/mol. The smallest absolute Gasteiger partial charge is 0.339 e. The SMILES string of the molecule is CCc1[nH]c(C(=O)Nc2ccnn2Cc2ccc(N(C)C)cc2)c(C)c1C(=O)OC. The molecule has 0 saturated carbocycles. The summed E-state index contributed by atoms with van der Waals surface area (Å²) in [6.07, 6.45) is 2.22. The summed E-state index contributed by atoms with van der Waals surface area (Å²) in [5, 5.41) is 7.21. The van der Waals surface area contributed by atoms with Crippen molar-refractivity contribution in [2.75, 3.05) is 31.4 Å². The first kappa shape index (κ1) is 21.2. The Morgan fingerprint density at radius 3 is 2.50 bits per heavy atom. The van der Waals surface area contributed by atoms with E-state index in [0.29, 0.717) is 41.3 Å². The van der Waals surface area contributed by atoms with Crippen LogP contribution in [0, 0.1) is 6.92 Å². The van der Waals surface area contributed by atoms with Gasteiger partial charge in [0.1, 0.15) is 11.5 Å². The van der Waals surface area contributed by atoms with Gasteiger partial charge in [-0.2, -0.15) is 5.10 Å². The van der Waals surface area contributed by atoms with E-state index in [4.69, 9.17) is 4.74 Å². The molecule has 3 rings (SSSR count). The van der Waals surface area contributed by atoms with Gasteiger partial charge in [0.25, 0.3) is 5.91 Å². The van der Waals surface area contributed by atoms with Gasteiger partial charge in [-0.25, -0.2) is 9.48 Å². The van der Waals surface area contributed by atoms with Crippen molar-refractivity contribution in [2.45, 2.75) is 26.8 Å². The second-order valence-corrected chi connectivity index (χ2v) is 7.21. The van der Waals surface area contributed by atoms with Crippen LogP contribution in [-0.2, 0) is 17.7 Å². The number of amides is 1. The lowest BCUT2D eigenvalue weighted by Crippen LogP contribution is -2.17. The third-order valence-electron chi connectivity index (χ3n) is 5.04. The molecule has 0 saturated heterocycles. The number of rotatable bonds is 7. The Morgan fingerprint density at radius 1 is 1.20 bits per heavy atom. The molecule has 0 bridgehead atoms. The molecule has 2 aromatic heterocycles. The molecule has 0 aliphatic carbocycles. The van der Waals surface area contributed by atoms with E-state index in [1.54, 1.807) is 23.9 Å². The van der Waals surface area contributed by atoms with Crippen LogP contribution in [0.5, 0.6) is 0 Å². The van der Waals surface area contributed by atoms with Crippen molar-refractivity contribution < 1.29 is 14.3 Å². The maximum absolute atomic E-state index is 12.9. The number of H-pyrrole nitrogens is 1. The van der Waals surface area contributed by atoms with Crippen LogP contribution in [-0.4, -0.2) is 47.8 Å². The fourth-order valence-corrected chi connectivity index (χ4v) is 3.35. The number of aromatic amines is 1. The first-order valence-corrected chi connectivity index (χ1v) is 9.74. The quantitative estimate of drug-likeness (QED) is 0.585. The molecule has 30 heavy (non-hydrogen) atoms. The number of nitrogens with one attached hydrogen (secondary N) is 2. The van der Waals surface area contributed by atoms with Gasteiger partial charge in [-0.3, -0.25) is 4.79 Å². The summed E-state index contributed by atoms with van der Waals surface area (Å²) >= 11 is 0. The number of methoxy groups -OCH3 is 1. The highest BCUT2D eigenvalue weighted by atomic mass is 16.5. The summed E-state index contributed by atoms with van der Waals surface area (Å²) in [6.45, 7) is 4.17. The zero-order valence-corrected chi connectivity index (χ0v) is 17.9. The minimum absolute atomic E-state index is 0.331. The lowest BCUT2D eigenvalue weighted by atomic mass is 10.1. The largest absolute Gasteiger partial charge is 0.465 e. The van der Waals surface area contributed by atoms with Crippen molar-refractivity contribution >= 4 is 23.4 Å². The first-order valence-electron chi connectivity index (χ1n) is 9.74. The Labute approximate surface area is 175 Å². The lowest BCUT2D eigenvalue weighted by Gasteiger charge is -2.13.